The molecular weight excluding hydrogens is 521 g/mol. The monoisotopic (exact) mass is 553 g/mol. The van der Waals surface area contributed by atoms with Crippen LogP contribution >= 0.6 is 11.3 Å². The smallest absolute Gasteiger partial charge is 0.399 e. The Bertz CT molecular complexity index is 1810. The van der Waals surface area contributed by atoms with Gasteiger partial charge in [0.1, 0.15) is 0 Å². The quantitative estimate of drug-likeness (QED) is 0.199. The van der Waals surface area contributed by atoms with Gasteiger partial charge < -0.3 is 14.2 Å². The van der Waals surface area contributed by atoms with E-state index in [4.69, 9.17) is 9.31 Å². The van der Waals surface area contributed by atoms with Crippen molar-refractivity contribution in [2.24, 2.45) is 0 Å². The van der Waals surface area contributed by atoms with E-state index in [0.29, 0.717) is 0 Å². The molecule has 0 atom stereocenters. The van der Waals surface area contributed by atoms with Crippen molar-refractivity contribution in [1.82, 2.24) is 0 Å². The van der Waals surface area contributed by atoms with Gasteiger partial charge in [0.05, 0.1) is 11.2 Å². The fraction of sp³-hybridized carbons (Fsp3) is 0.167. The summed E-state index contributed by atoms with van der Waals surface area (Å²) in [5.74, 6) is 0. The molecule has 3 nitrogen and oxygen atoms in total. The van der Waals surface area contributed by atoms with Gasteiger partial charge >= 0.3 is 7.12 Å². The van der Waals surface area contributed by atoms with Gasteiger partial charge in [0.15, 0.2) is 0 Å². The molecule has 0 spiro atoms. The molecule has 1 aliphatic rings. The van der Waals surface area contributed by atoms with Crippen LogP contribution in [-0.4, -0.2) is 18.3 Å². The second-order valence-electron chi connectivity index (χ2n) is 11.7. The molecule has 1 aliphatic heterocycles. The summed E-state index contributed by atoms with van der Waals surface area (Å²) in [6, 6.07) is 43.1. The maximum Gasteiger partial charge on any atom is 0.495 e. The largest absolute Gasteiger partial charge is 0.495 e. The Morgan fingerprint density at radius 2 is 1.12 bits per heavy atom. The first-order valence-electron chi connectivity index (χ1n) is 14.1. The fourth-order valence-corrected chi connectivity index (χ4v) is 6.87. The summed E-state index contributed by atoms with van der Waals surface area (Å²) in [4.78, 5) is 2.34. The normalized spacial score (nSPS) is 16.0. The third-order valence-electron chi connectivity index (χ3n) is 8.51. The zero-order valence-electron chi connectivity index (χ0n) is 23.8. The van der Waals surface area contributed by atoms with Gasteiger partial charge in [0.2, 0.25) is 0 Å². The number of para-hydroxylation sites is 2. The van der Waals surface area contributed by atoms with E-state index < -0.39 is 18.3 Å². The van der Waals surface area contributed by atoms with Gasteiger partial charge in [-0.3, -0.25) is 0 Å². The SMILES string of the molecule is CC1(C)OB(c2ccccc2-c2cc(N(c3ccccc3)c3ccccc3)cc3c2sc2ccccc23)OC1(C)C. The lowest BCUT2D eigenvalue weighted by molar-refractivity contribution is 0.00578. The number of anilines is 3. The summed E-state index contributed by atoms with van der Waals surface area (Å²) in [6.07, 6.45) is 0. The summed E-state index contributed by atoms with van der Waals surface area (Å²) in [7, 11) is -0.455. The van der Waals surface area contributed by atoms with Gasteiger partial charge in [-0.25, -0.2) is 0 Å². The van der Waals surface area contributed by atoms with Crippen LogP contribution in [0.25, 0.3) is 31.3 Å². The number of rotatable bonds is 5. The lowest BCUT2D eigenvalue weighted by Crippen LogP contribution is -2.41. The van der Waals surface area contributed by atoms with Crippen LogP contribution in [0.3, 0.4) is 0 Å². The van der Waals surface area contributed by atoms with Crippen molar-refractivity contribution < 1.29 is 9.31 Å². The second kappa shape index (κ2) is 9.88. The average Bonchev–Trinajstić information content (AvgIpc) is 3.46. The van der Waals surface area contributed by atoms with E-state index in [1.807, 2.05) is 11.3 Å². The van der Waals surface area contributed by atoms with Gasteiger partial charge in [0.25, 0.3) is 0 Å². The van der Waals surface area contributed by atoms with Crippen molar-refractivity contribution in [3.63, 3.8) is 0 Å². The Hall–Kier alpha value is -3.90. The number of nitrogens with zero attached hydrogens (tertiary/aromatic N) is 1. The van der Waals surface area contributed by atoms with Gasteiger partial charge in [0, 0.05) is 42.8 Å². The summed E-state index contributed by atoms with van der Waals surface area (Å²) in [6.45, 7) is 8.44. The van der Waals surface area contributed by atoms with E-state index in [0.717, 1.165) is 28.1 Å². The number of benzene rings is 5. The van der Waals surface area contributed by atoms with Crippen LogP contribution in [0, 0.1) is 0 Å². The molecule has 0 radical (unpaired) electrons. The third-order valence-corrected chi connectivity index (χ3v) is 9.73. The molecule has 0 N–H and O–H groups in total. The zero-order valence-corrected chi connectivity index (χ0v) is 24.6. The molecule has 202 valence electrons. The molecule has 0 saturated carbocycles. The van der Waals surface area contributed by atoms with Crippen molar-refractivity contribution in [3.8, 4) is 11.1 Å². The number of fused-ring (bicyclic) bond motifs is 3. The Kier molecular flexibility index (Phi) is 6.27. The summed E-state index contributed by atoms with van der Waals surface area (Å²) >= 11 is 1.85. The minimum Gasteiger partial charge on any atom is -0.399 e. The van der Waals surface area contributed by atoms with E-state index in [2.05, 4.69) is 154 Å². The maximum absolute atomic E-state index is 6.57. The van der Waals surface area contributed by atoms with Crippen molar-refractivity contribution in [1.29, 1.82) is 0 Å². The van der Waals surface area contributed by atoms with Gasteiger partial charge in [-0.1, -0.05) is 78.9 Å². The van der Waals surface area contributed by atoms with Crippen LogP contribution in [0.2, 0.25) is 0 Å². The van der Waals surface area contributed by atoms with Crippen LogP contribution in [0.1, 0.15) is 27.7 Å². The van der Waals surface area contributed by atoms with Crippen LogP contribution in [0.4, 0.5) is 17.1 Å². The average molecular weight is 554 g/mol. The number of thiophene rings is 1. The molecule has 5 heteroatoms. The van der Waals surface area contributed by atoms with Crippen LogP contribution in [0.5, 0.6) is 0 Å². The number of hydrogen-bond donors (Lipinski definition) is 0. The standard InChI is InChI=1S/C36H32BNO2S/c1-35(2)36(3,4)40-37(39-35)32-21-13-11-19-28(32)30-23-27(24-31-29-20-12-14-22-33(29)41-34(30)31)38(25-15-7-5-8-16-25)26-17-9-6-10-18-26/h5-24H,1-4H3. The molecule has 0 bridgehead atoms. The minimum absolute atomic E-state index is 0.420. The molecule has 6 aromatic rings. The van der Waals surface area contributed by atoms with E-state index in [1.54, 1.807) is 0 Å². The van der Waals surface area contributed by atoms with E-state index in [-0.39, 0.29) is 0 Å². The molecule has 7 rings (SSSR count). The Balaban J connectivity index is 1.50. The molecule has 1 saturated heterocycles. The summed E-state index contributed by atoms with van der Waals surface area (Å²) in [5, 5.41) is 2.52. The van der Waals surface area contributed by atoms with Crippen LogP contribution < -0.4 is 10.4 Å². The first kappa shape index (κ1) is 26.0. The lowest BCUT2D eigenvalue weighted by atomic mass is 9.74. The molecule has 2 heterocycles. The van der Waals surface area contributed by atoms with Gasteiger partial charge in [-0.05, 0) is 81.2 Å². The molecule has 1 fully saturated rings. The first-order chi connectivity index (χ1) is 19.8. The highest BCUT2D eigenvalue weighted by Gasteiger charge is 2.52. The number of hydrogen-bond acceptors (Lipinski definition) is 4. The maximum atomic E-state index is 6.57. The van der Waals surface area contributed by atoms with Crippen molar-refractivity contribution >= 4 is 61.2 Å². The molecular formula is C36H32BNO2S. The molecule has 5 aromatic carbocycles. The van der Waals surface area contributed by atoms with Crippen LogP contribution in [0.15, 0.2) is 121 Å². The Labute approximate surface area is 246 Å². The van der Waals surface area contributed by atoms with Gasteiger partial charge in [-0.2, -0.15) is 0 Å². The topological polar surface area (TPSA) is 21.7 Å². The second-order valence-corrected chi connectivity index (χ2v) is 12.7. The third kappa shape index (κ3) is 4.45. The predicted octanol–water partition coefficient (Wildman–Crippen LogP) is 9.49. The molecule has 0 unspecified atom stereocenters. The van der Waals surface area contributed by atoms with Gasteiger partial charge in [-0.15, -0.1) is 11.3 Å². The lowest BCUT2D eigenvalue weighted by Gasteiger charge is -2.32. The molecule has 1 aromatic heterocycles. The highest BCUT2D eigenvalue weighted by molar-refractivity contribution is 7.26. The molecule has 0 amide bonds. The minimum atomic E-state index is -0.455. The Morgan fingerprint density at radius 3 is 1.78 bits per heavy atom. The summed E-state index contributed by atoms with van der Waals surface area (Å²) < 4.78 is 15.7. The highest BCUT2D eigenvalue weighted by atomic mass is 32.1. The van der Waals surface area contributed by atoms with Crippen molar-refractivity contribution in [2.45, 2.75) is 38.9 Å². The zero-order chi connectivity index (χ0) is 28.2. The highest BCUT2D eigenvalue weighted by Crippen LogP contribution is 2.46. The van der Waals surface area contributed by atoms with Crippen molar-refractivity contribution in [3.05, 3.63) is 121 Å². The van der Waals surface area contributed by atoms with E-state index >= 15 is 0 Å². The van der Waals surface area contributed by atoms with E-state index in [9.17, 15) is 0 Å². The van der Waals surface area contributed by atoms with E-state index in [1.165, 1.54) is 25.7 Å². The predicted molar refractivity (Wildman–Crippen MR) is 175 cm³/mol. The van der Waals surface area contributed by atoms with Crippen LogP contribution in [-0.2, 0) is 9.31 Å². The van der Waals surface area contributed by atoms with Crippen molar-refractivity contribution in [2.75, 3.05) is 4.90 Å². The summed E-state index contributed by atoms with van der Waals surface area (Å²) in [5.41, 5.74) is 5.86. The fourth-order valence-electron chi connectivity index (χ4n) is 5.66. The molecule has 41 heavy (non-hydrogen) atoms. The Morgan fingerprint density at radius 1 is 0.561 bits per heavy atom. The first-order valence-corrected chi connectivity index (χ1v) is 14.9. The molecule has 0 aliphatic carbocycles.